The molecule has 9 heteroatoms. The summed E-state index contributed by atoms with van der Waals surface area (Å²) in [4.78, 5) is 33.3. The number of nitrogens with zero attached hydrogens (tertiary/aromatic N) is 5. The summed E-state index contributed by atoms with van der Waals surface area (Å²) in [6.07, 6.45) is 5.93. The molecular weight excluding hydrogens is 408 g/mol. The second-order valence-electron chi connectivity index (χ2n) is 7.68. The maximum absolute atomic E-state index is 12.5. The van der Waals surface area contributed by atoms with Crippen molar-refractivity contribution in [2.24, 2.45) is 4.99 Å². The second kappa shape index (κ2) is 10.1. The van der Waals surface area contributed by atoms with Gasteiger partial charge in [-0.05, 0) is 18.6 Å². The molecule has 0 atom stereocenters. The number of benzene rings is 1. The predicted octanol–water partition coefficient (Wildman–Crippen LogP) is 3.36. The molecule has 3 aromatic rings. The maximum atomic E-state index is 12.5. The van der Waals surface area contributed by atoms with Crippen molar-refractivity contribution < 1.29 is 9.21 Å². The van der Waals surface area contributed by atoms with Gasteiger partial charge < -0.3 is 9.73 Å². The van der Waals surface area contributed by atoms with Gasteiger partial charge in [0.25, 0.3) is 5.56 Å². The quantitative estimate of drug-likeness (QED) is 0.460. The highest BCUT2D eigenvalue weighted by Crippen LogP contribution is 2.24. The van der Waals surface area contributed by atoms with Gasteiger partial charge in [0.15, 0.2) is 5.78 Å². The lowest BCUT2D eigenvalue weighted by atomic mass is 10.2. The number of unbranched alkanes of at least 4 members (excludes halogenated alkanes) is 2. The van der Waals surface area contributed by atoms with Crippen molar-refractivity contribution in [3.63, 3.8) is 0 Å². The van der Waals surface area contributed by atoms with E-state index < -0.39 is 0 Å². The molecule has 0 saturated carbocycles. The molecule has 1 aromatic carbocycles. The monoisotopic (exact) mass is 434 g/mol. The highest BCUT2D eigenvalue weighted by Gasteiger charge is 2.19. The molecule has 9 nitrogen and oxygen atoms in total. The van der Waals surface area contributed by atoms with Crippen LogP contribution < -0.4 is 10.9 Å². The van der Waals surface area contributed by atoms with E-state index >= 15 is 0 Å². The fraction of sp³-hybridized carbons (Fsp3) is 0.391. The summed E-state index contributed by atoms with van der Waals surface area (Å²) in [5, 5.41) is 11.1. The molecule has 2 aromatic heterocycles. The van der Waals surface area contributed by atoms with Gasteiger partial charge in [0.2, 0.25) is 17.7 Å². The zero-order valence-electron chi connectivity index (χ0n) is 18.1. The Bertz CT molecular complexity index is 1170. The fourth-order valence-electron chi connectivity index (χ4n) is 3.56. The Morgan fingerprint density at radius 3 is 2.84 bits per heavy atom. The molecule has 32 heavy (non-hydrogen) atoms. The molecule has 0 spiro atoms. The standard InChI is InChI=1S/C23H26N6O3/c1-2-3-7-14-29-20-18(12-13-24-20)21(31)26-23(29)25-15-17(30)10-11-19-27-28-22(32-19)16-8-5-4-6-9-16/h4-6,8-9,13H,2-3,7,10-12,14-15H2,1H3,(H,25,26,31). The summed E-state index contributed by atoms with van der Waals surface area (Å²) in [6, 6.07) is 9.49. The molecule has 0 amide bonds. The van der Waals surface area contributed by atoms with E-state index in [-0.39, 0.29) is 24.3 Å². The van der Waals surface area contributed by atoms with Gasteiger partial charge >= 0.3 is 0 Å². The van der Waals surface area contributed by atoms with Crippen LogP contribution in [-0.4, -0.2) is 38.3 Å². The van der Waals surface area contributed by atoms with E-state index in [1.165, 1.54) is 0 Å². The number of carbonyl (C=O) groups is 1. The smallest absolute Gasteiger partial charge is 0.280 e. The number of carbonyl (C=O) groups excluding carboxylic acids is 1. The van der Waals surface area contributed by atoms with Gasteiger partial charge in [-0.3, -0.25) is 14.2 Å². The molecule has 0 fully saturated rings. The van der Waals surface area contributed by atoms with Gasteiger partial charge in [-0.15, -0.1) is 10.2 Å². The summed E-state index contributed by atoms with van der Waals surface area (Å²) >= 11 is 0. The Kier molecular flexibility index (Phi) is 6.84. The van der Waals surface area contributed by atoms with E-state index in [4.69, 9.17) is 4.42 Å². The Morgan fingerprint density at radius 1 is 1.19 bits per heavy atom. The van der Waals surface area contributed by atoms with Crippen molar-refractivity contribution in [3.05, 3.63) is 52.1 Å². The Balaban J connectivity index is 1.37. The number of hydrogen-bond donors (Lipinski definition) is 1. The van der Waals surface area contributed by atoms with Crippen molar-refractivity contribution >= 4 is 23.8 Å². The molecule has 0 aliphatic carbocycles. The number of anilines is 1. The van der Waals surface area contributed by atoms with Crippen LogP contribution in [0.5, 0.6) is 0 Å². The molecule has 166 valence electrons. The molecule has 0 bridgehead atoms. The van der Waals surface area contributed by atoms with Crippen molar-refractivity contribution in [3.8, 4) is 11.5 Å². The molecule has 4 rings (SSSR count). The Hall–Kier alpha value is -3.62. The lowest BCUT2D eigenvalue weighted by Crippen LogP contribution is -2.24. The number of ketones is 1. The molecule has 0 radical (unpaired) electrons. The van der Waals surface area contributed by atoms with E-state index in [0.717, 1.165) is 24.8 Å². The van der Waals surface area contributed by atoms with Crippen LogP contribution in [0.4, 0.5) is 11.8 Å². The first-order valence-electron chi connectivity index (χ1n) is 10.9. The topological polar surface area (TPSA) is 115 Å². The predicted molar refractivity (Wildman–Crippen MR) is 121 cm³/mol. The number of rotatable bonds is 11. The van der Waals surface area contributed by atoms with E-state index in [1.807, 2.05) is 34.9 Å². The normalized spacial score (nSPS) is 12.2. The minimum Gasteiger partial charge on any atom is -0.421 e. The van der Waals surface area contributed by atoms with Crippen LogP contribution >= 0.6 is 0 Å². The first-order chi connectivity index (χ1) is 15.7. The van der Waals surface area contributed by atoms with Gasteiger partial charge in [-0.25, -0.2) is 4.99 Å². The summed E-state index contributed by atoms with van der Waals surface area (Å²) in [5.74, 6) is 1.85. The second-order valence-corrected chi connectivity index (χ2v) is 7.68. The largest absolute Gasteiger partial charge is 0.421 e. The van der Waals surface area contributed by atoms with E-state index in [0.29, 0.717) is 48.5 Å². The highest BCUT2D eigenvalue weighted by atomic mass is 16.4. The molecule has 1 N–H and O–H groups in total. The number of Topliss-reactive ketones (excluding diaryl/α,β-unsaturated/α-hetero) is 1. The number of aromatic nitrogens is 4. The van der Waals surface area contributed by atoms with Crippen molar-refractivity contribution in [1.82, 2.24) is 19.7 Å². The van der Waals surface area contributed by atoms with Crippen LogP contribution in [0, 0.1) is 0 Å². The molecular formula is C23H26N6O3. The Morgan fingerprint density at radius 2 is 2.03 bits per heavy atom. The summed E-state index contributed by atoms with van der Waals surface area (Å²) in [7, 11) is 0. The number of hydrogen-bond acceptors (Lipinski definition) is 8. The van der Waals surface area contributed by atoms with Crippen molar-refractivity contribution in [2.75, 3.05) is 11.9 Å². The van der Waals surface area contributed by atoms with Crippen LogP contribution in [0.2, 0.25) is 0 Å². The van der Waals surface area contributed by atoms with E-state index in [2.05, 4.69) is 32.4 Å². The molecule has 1 aliphatic heterocycles. The third kappa shape index (κ3) is 4.99. The van der Waals surface area contributed by atoms with Gasteiger partial charge in [0.1, 0.15) is 5.82 Å². The average molecular weight is 435 g/mol. The first kappa shape index (κ1) is 21.6. The third-order valence-electron chi connectivity index (χ3n) is 5.29. The summed E-state index contributed by atoms with van der Waals surface area (Å²) in [6.45, 7) is 2.89. The van der Waals surface area contributed by atoms with Crippen LogP contribution in [0.15, 0.2) is 44.5 Å². The minimum atomic E-state index is -0.293. The van der Waals surface area contributed by atoms with Crippen molar-refractivity contribution in [1.29, 1.82) is 0 Å². The maximum Gasteiger partial charge on any atom is 0.280 e. The number of nitrogens with one attached hydrogen (secondary N) is 1. The molecule has 3 heterocycles. The molecule has 1 aliphatic rings. The van der Waals surface area contributed by atoms with Gasteiger partial charge in [0.05, 0.1) is 12.1 Å². The van der Waals surface area contributed by atoms with Gasteiger partial charge in [0, 0.05) is 37.6 Å². The third-order valence-corrected chi connectivity index (χ3v) is 5.29. The highest BCUT2D eigenvalue weighted by molar-refractivity contribution is 5.82. The van der Waals surface area contributed by atoms with Crippen LogP contribution in [-0.2, 0) is 24.2 Å². The van der Waals surface area contributed by atoms with Gasteiger partial charge in [-0.2, -0.15) is 4.98 Å². The average Bonchev–Trinajstić information content (AvgIpc) is 3.49. The Labute approximate surface area is 185 Å². The lowest BCUT2D eigenvalue weighted by molar-refractivity contribution is -0.117. The summed E-state index contributed by atoms with van der Waals surface area (Å²) < 4.78 is 7.56. The minimum absolute atomic E-state index is 0.0391. The SMILES string of the molecule is CCCCCn1c(NCC(=O)CCc2nnc(-c3ccccc3)o2)nc(=O)c2c1N=CC2. The molecule has 0 saturated heterocycles. The number of fused-ring (bicyclic) bond motifs is 1. The fourth-order valence-corrected chi connectivity index (χ4v) is 3.56. The molecule has 0 unspecified atom stereocenters. The van der Waals surface area contributed by atoms with E-state index in [1.54, 1.807) is 6.21 Å². The van der Waals surface area contributed by atoms with Gasteiger partial charge in [-0.1, -0.05) is 38.0 Å². The van der Waals surface area contributed by atoms with Crippen LogP contribution in [0.3, 0.4) is 0 Å². The zero-order chi connectivity index (χ0) is 22.3. The van der Waals surface area contributed by atoms with E-state index in [9.17, 15) is 9.59 Å². The lowest BCUT2D eigenvalue weighted by Gasteiger charge is -2.16. The van der Waals surface area contributed by atoms with Crippen LogP contribution in [0.25, 0.3) is 11.5 Å². The number of aryl methyl sites for hydroxylation is 1. The summed E-state index contributed by atoms with van der Waals surface area (Å²) in [5.41, 5.74) is 1.16. The van der Waals surface area contributed by atoms with Crippen LogP contribution in [0.1, 0.15) is 44.1 Å². The zero-order valence-corrected chi connectivity index (χ0v) is 18.1. The van der Waals surface area contributed by atoms with Crippen molar-refractivity contribution in [2.45, 2.75) is 52.0 Å². The first-order valence-corrected chi connectivity index (χ1v) is 10.9. The number of aliphatic imine (C=N–C) groups is 1.